The molecule has 3 rings (SSSR count). The quantitative estimate of drug-likeness (QED) is 0.906. The van der Waals surface area contributed by atoms with Gasteiger partial charge >= 0.3 is 0 Å². The Morgan fingerprint density at radius 1 is 1.40 bits per heavy atom. The molecular formula is C20H24FNO3. The van der Waals surface area contributed by atoms with Gasteiger partial charge in [-0.3, -0.25) is 4.79 Å². The number of hydrogen-bond acceptors (Lipinski definition) is 3. The summed E-state index contributed by atoms with van der Waals surface area (Å²) in [6.07, 6.45) is 0.697. The highest BCUT2D eigenvalue weighted by Crippen LogP contribution is 2.36. The van der Waals surface area contributed by atoms with E-state index in [1.807, 2.05) is 19.1 Å². The van der Waals surface area contributed by atoms with Gasteiger partial charge in [-0.1, -0.05) is 19.1 Å². The number of carbonyl (C=O) groups excluding carboxylic acids is 1. The normalized spacial score (nSPS) is 22.0. The maximum atomic E-state index is 13.3. The van der Waals surface area contributed by atoms with E-state index in [-0.39, 0.29) is 18.4 Å². The molecule has 134 valence electrons. The van der Waals surface area contributed by atoms with Crippen molar-refractivity contribution >= 4 is 5.91 Å². The van der Waals surface area contributed by atoms with E-state index in [1.165, 1.54) is 18.2 Å². The Balaban J connectivity index is 1.74. The Hall–Kier alpha value is -2.14. The predicted octanol–water partition coefficient (Wildman–Crippen LogP) is 4.15. The van der Waals surface area contributed by atoms with Crippen LogP contribution in [0.3, 0.4) is 0 Å². The van der Waals surface area contributed by atoms with E-state index in [9.17, 15) is 14.3 Å². The zero-order valence-corrected chi connectivity index (χ0v) is 14.6. The van der Waals surface area contributed by atoms with Gasteiger partial charge in [-0.15, -0.1) is 0 Å². The molecule has 4 nitrogen and oxygen atoms in total. The lowest BCUT2D eigenvalue weighted by molar-refractivity contribution is -0.138. The summed E-state index contributed by atoms with van der Waals surface area (Å²) in [5.74, 6) is 1.56. The number of aryl methyl sites for hydroxylation is 1. The molecule has 0 spiro atoms. The second kappa shape index (κ2) is 7.40. The van der Waals surface area contributed by atoms with E-state index in [0.29, 0.717) is 18.0 Å². The van der Waals surface area contributed by atoms with E-state index in [2.05, 4.69) is 6.92 Å². The molecule has 0 aliphatic carbocycles. The van der Waals surface area contributed by atoms with Crippen LogP contribution in [0.15, 0.2) is 40.8 Å². The van der Waals surface area contributed by atoms with Crippen molar-refractivity contribution in [3.8, 4) is 0 Å². The van der Waals surface area contributed by atoms with Gasteiger partial charge in [0.05, 0.1) is 18.6 Å². The molecule has 0 radical (unpaired) electrons. The standard InChI is InChI=1S/C20H24FNO3/c1-13-8-9-22(17(10-13)19-7-6-14(2)25-19)20(24)12-18(23)15-4-3-5-16(21)11-15/h3-7,11,13,17-18,23H,8-10,12H2,1-2H3. The number of carbonyl (C=O) groups is 1. The minimum atomic E-state index is -1.01. The SMILES string of the molecule is Cc1ccc(C2CC(C)CCN2C(=O)CC(O)c2cccc(F)c2)o1. The van der Waals surface area contributed by atoms with Crippen LogP contribution in [0.5, 0.6) is 0 Å². The van der Waals surface area contributed by atoms with E-state index in [0.717, 1.165) is 24.4 Å². The first-order valence-corrected chi connectivity index (χ1v) is 8.73. The number of aliphatic hydroxyl groups excluding tert-OH is 1. The molecule has 1 amide bonds. The molecule has 2 aromatic rings. The third kappa shape index (κ3) is 4.10. The Morgan fingerprint density at radius 3 is 2.88 bits per heavy atom. The Labute approximate surface area is 147 Å². The van der Waals surface area contributed by atoms with Gasteiger partial charge in [0.15, 0.2) is 0 Å². The fraction of sp³-hybridized carbons (Fsp3) is 0.450. The van der Waals surface area contributed by atoms with Gasteiger partial charge in [-0.2, -0.15) is 0 Å². The number of aliphatic hydroxyl groups is 1. The summed E-state index contributed by atoms with van der Waals surface area (Å²) in [4.78, 5) is 14.6. The van der Waals surface area contributed by atoms with Gasteiger partial charge in [0.1, 0.15) is 17.3 Å². The second-order valence-corrected chi connectivity index (χ2v) is 6.96. The van der Waals surface area contributed by atoms with E-state index in [1.54, 1.807) is 11.0 Å². The minimum absolute atomic E-state index is 0.0615. The maximum absolute atomic E-state index is 13.3. The molecule has 3 atom stereocenters. The van der Waals surface area contributed by atoms with Crippen molar-refractivity contribution < 1.29 is 18.7 Å². The molecule has 3 unspecified atom stereocenters. The minimum Gasteiger partial charge on any atom is -0.464 e. The summed E-state index contributed by atoms with van der Waals surface area (Å²) in [6.45, 7) is 4.70. The van der Waals surface area contributed by atoms with Gasteiger partial charge in [0.2, 0.25) is 5.91 Å². The highest BCUT2D eigenvalue weighted by Gasteiger charge is 2.33. The van der Waals surface area contributed by atoms with Crippen LogP contribution in [0.4, 0.5) is 4.39 Å². The highest BCUT2D eigenvalue weighted by atomic mass is 19.1. The predicted molar refractivity (Wildman–Crippen MR) is 92.3 cm³/mol. The Kier molecular flexibility index (Phi) is 5.23. The van der Waals surface area contributed by atoms with Crippen molar-refractivity contribution in [1.29, 1.82) is 0 Å². The Bertz CT molecular complexity index is 742. The number of halogens is 1. The number of piperidine rings is 1. The van der Waals surface area contributed by atoms with Gasteiger partial charge in [-0.25, -0.2) is 4.39 Å². The molecule has 1 N–H and O–H groups in total. The molecule has 25 heavy (non-hydrogen) atoms. The number of amides is 1. The zero-order chi connectivity index (χ0) is 18.0. The van der Waals surface area contributed by atoms with Gasteiger partial charge < -0.3 is 14.4 Å². The van der Waals surface area contributed by atoms with Crippen LogP contribution in [-0.4, -0.2) is 22.5 Å². The van der Waals surface area contributed by atoms with E-state index in [4.69, 9.17) is 4.42 Å². The maximum Gasteiger partial charge on any atom is 0.226 e. The van der Waals surface area contributed by atoms with Crippen molar-refractivity contribution in [1.82, 2.24) is 4.90 Å². The van der Waals surface area contributed by atoms with Crippen LogP contribution in [-0.2, 0) is 4.79 Å². The molecule has 5 heteroatoms. The molecular weight excluding hydrogens is 321 g/mol. The third-order valence-electron chi connectivity index (χ3n) is 4.88. The van der Waals surface area contributed by atoms with Crippen molar-refractivity contribution in [2.75, 3.05) is 6.54 Å². The molecule has 1 aliphatic heterocycles. The van der Waals surface area contributed by atoms with E-state index < -0.39 is 11.9 Å². The van der Waals surface area contributed by atoms with Crippen LogP contribution in [0, 0.1) is 18.7 Å². The molecule has 1 aromatic heterocycles. The first-order chi connectivity index (χ1) is 11.9. The summed E-state index contributed by atoms with van der Waals surface area (Å²) in [5, 5.41) is 10.3. The number of benzene rings is 1. The average Bonchev–Trinajstić information content (AvgIpc) is 3.01. The smallest absolute Gasteiger partial charge is 0.226 e. The summed E-state index contributed by atoms with van der Waals surface area (Å²) in [7, 11) is 0. The average molecular weight is 345 g/mol. The molecule has 1 aromatic carbocycles. The summed E-state index contributed by atoms with van der Waals surface area (Å²) in [5.41, 5.74) is 0.420. The first-order valence-electron chi connectivity index (χ1n) is 8.73. The van der Waals surface area contributed by atoms with Crippen LogP contribution in [0.2, 0.25) is 0 Å². The fourth-order valence-electron chi connectivity index (χ4n) is 3.46. The molecule has 0 bridgehead atoms. The van der Waals surface area contributed by atoms with E-state index >= 15 is 0 Å². The molecule has 2 heterocycles. The first kappa shape index (κ1) is 17.7. The lowest BCUT2D eigenvalue weighted by Gasteiger charge is -2.38. The van der Waals surface area contributed by atoms with Gasteiger partial charge in [-0.05, 0) is 55.5 Å². The highest BCUT2D eigenvalue weighted by molar-refractivity contribution is 5.77. The lowest BCUT2D eigenvalue weighted by atomic mass is 9.90. The summed E-state index contributed by atoms with van der Waals surface area (Å²) >= 11 is 0. The summed E-state index contributed by atoms with van der Waals surface area (Å²) in [6, 6.07) is 9.47. The van der Waals surface area contributed by atoms with Crippen molar-refractivity contribution in [3.63, 3.8) is 0 Å². The van der Waals surface area contributed by atoms with Crippen LogP contribution < -0.4 is 0 Å². The number of hydrogen-bond donors (Lipinski definition) is 1. The number of nitrogens with zero attached hydrogens (tertiary/aromatic N) is 1. The monoisotopic (exact) mass is 345 g/mol. The molecule has 1 fully saturated rings. The zero-order valence-electron chi connectivity index (χ0n) is 14.6. The third-order valence-corrected chi connectivity index (χ3v) is 4.88. The van der Waals surface area contributed by atoms with Crippen LogP contribution >= 0.6 is 0 Å². The molecule has 1 aliphatic rings. The number of furan rings is 1. The topological polar surface area (TPSA) is 53.7 Å². The van der Waals surface area contributed by atoms with Crippen LogP contribution in [0.25, 0.3) is 0 Å². The molecule has 0 saturated carbocycles. The van der Waals surface area contributed by atoms with Crippen molar-refractivity contribution in [2.24, 2.45) is 5.92 Å². The van der Waals surface area contributed by atoms with Crippen molar-refractivity contribution in [3.05, 3.63) is 59.3 Å². The fourth-order valence-corrected chi connectivity index (χ4v) is 3.46. The number of rotatable bonds is 4. The summed E-state index contributed by atoms with van der Waals surface area (Å²) < 4.78 is 19.1. The van der Waals surface area contributed by atoms with Gasteiger partial charge in [0, 0.05) is 6.54 Å². The largest absolute Gasteiger partial charge is 0.464 e. The second-order valence-electron chi connectivity index (χ2n) is 6.96. The number of likely N-dealkylation sites (tertiary alicyclic amines) is 1. The Morgan fingerprint density at radius 2 is 2.20 bits per heavy atom. The van der Waals surface area contributed by atoms with Gasteiger partial charge in [0.25, 0.3) is 0 Å². The van der Waals surface area contributed by atoms with Crippen molar-refractivity contribution in [2.45, 2.75) is 45.3 Å². The lowest BCUT2D eigenvalue weighted by Crippen LogP contribution is -2.41. The molecule has 1 saturated heterocycles. The van der Waals surface area contributed by atoms with Crippen LogP contribution in [0.1, 0.15) is 55.4 Å².